The van der Waals surface area contributed by atoms with Crippen molar-refractivity contribution < 1.29 is 19.1 Å². The molecule has 3 amide bonds. The largest absolute Gasteiger partial charge is 0.431 e. The Morgan fingerprint density at radius 3 is 2.65 bits per heavy atom. The first-order valence-electron chi connectivity index (χ1n) is 12.0. The molecule has 0 bridgehead atoms. The van der Waals surface area contributed by atoms with Gasteiger partial charge in [-0.1, -0.05) is 11.3 Å². The van der Waals surface area contributed by atoms with Gasteiger partial charge in [-0.15, -0.1) is 0 Å². The van der Waals surface area contributed by atoms with Crippen LogP contribution in [0.25, 0.3) is 10.2 Å². The molecule has 0 aliphatic carbocycles. The predicted octanol–water partition coefficient (Wildman–Crippen LogP) is 3.01. The third-order valence-corrected chi connectivity index (χ3v) is 8.22. The first-order valence-corrected chi connectivity index (χ1v) is 12.8. The number of carbonyl (C=O) groups excluding carboxylic acids is 3. The molecule has 3 fully saturated rings. The molecule has 10 heteroatoms. The maximum absolute atomic E-state index is 13.4. The zero-order valence-corrected chi connectivity index (χ0v) is 20.7. The average molecular weight is 486 g/mol. The van der Waals surface area contributed by atoms with E-state index in [9.17, 15) is 14.4 Å². The number of aryl methyl sites for hydroxylation is 1. The summed E-state index contributed by atoms with van der Waals surface area (Å²) >= 11 is 1.36. The molecule has 5 heterocycles. The van der Waals surface area contributed by atoms with Gasteiger partial charge in [-0.3, -0.25) is 14.5 Å². The highest BCUT2D eigenvalue weighted by Crippen LogP contribution is 2.37. The number of anilines is 1. The van der Waals surface area contributed by atoms with Crippen molar-refractivity contribution in [1.29, 1.82) is 0 Å². The van der Waals surface area contributed by atoms with E-state index in [0.717, 1.165) is 41.7 Å². The van der Waals surface area contributed by atoms with E-state index < -0.39 is 11.7 Å². The third-order valence-electron chi connectivity index (χ3n) is 7.29. The lowest BCUT2D eigenvalue weighted by atomic mass is 9.89. The van der Waals surface area contributed by atoms with E-state index in [-0.39, 0.29) is 23.9 Å². The first-order chi connectivity index (χ1) is 16.2. The monoisotopic (exact) mass is 485 g/mol. The van der Waals surface area contributed by atoms with E-state index >= 15 is 0 Å². The number of nitrogens with two attached hydrogens (primary N) is 1. The number of hydrogen-bond acceptors (Lipinski definition) is 8. The number of amides is 3. The zero-order chi connectivity index (χ0) is 24.2. The van der Waals surface area contributed by atoms with Crippen molar-refractivity contribution in [1.82, 2.24) is 19.7 Å². The van der Waals surface area contributed by atoms with Gasteiger partial charge in [-0.25, -0.2) is 14.7 Å². The molecule has 0 radical (unpaired) electrons. The molecule has 1 atom stereocenters. The van der Waals surface area contributed by atoms with Crippen LogP contribution in [0.15, 0.2) is 12.1 Å². The van der Waals surface area contributed by atoms with E-state index in [1.54, 1.807) is 0 Å². The fourth-order valence-corrected chi connectivity index (χ4v) is 6.51. The molecule has 3 aliphatic heterocycles. The lowest BCUT2D eigenvalue weighted by Gasteiger charge is -2.44. The summed E-state index contributed by atoms with van der Waals surface area (Å²) in [5.74, 6) is -0.260. The number of thiophene rings is 1. The topological polar surface area (TPSA) is 109 Å². The van der Waals surface area contributed by atoms with E-state index in [4.69, 9.17) is 10.5 Å². The molecule has 2 aromatic heterocycles. The van der Waals surface area contributed by atoms with Crippen LogP contribution in [0.4, 0.5) is 9.80 Å². The van der Waals surface area contributed by atoms with Crippen LogP contribution in [0.5, 0.6) is 0 Å². The van der Waals surface area contributed by atoms with Gasteiger partial charge >= 0.3 is 6.09 Å². The molecule has 2 aromatic rings. The van der Waals surface area contributed by atoms with Crippen LogP contribution < -0.4 is 5.73 Å². The summed E-state index contributed by atoms with van der Waals surface area (Å²) in [7, 11) is 0. The minimum Gasteiger partial charge on any atom is -0.431 e. The Hall–Kier alpha value is -2.72. The van der Waals surface area contributed by atoms with Crippen molar-refractivity contribution in [2.24, 2.45) is 0 Å². The van der Waals surface area contributed by atoms with Crippen molar-refractivity contribution >= 4 is 44.5 Å². The average Bonchev–Trinajstić information content (AvgIpc) is 3.24. The van der Waals surface area contributed by atoms with Crippen LogP contribution in [0.3, 0.4) is 0 Å². The Balaban J connectivity index is 1.26. The lowest BCUT2D eigenvalue weighted by Crippen LogP contribution is -2.58. The van der Waals surface area contributed by atoms with Gasteiger partial charge in [0.1, 0.15) is 9.83 Å². The molecule has 5 rings (SSSR count). The van der Waals surface area contributed by atoms with Crippen molar-refractivity contribution in [3.8, 4) is 0 Å². The zero-order valence-electron chi connectivity index (χ0n) is 19.9. The van der Waals surface area contributed by atoms with Crippen LogP contribution >= 0.6 is 11.3 Å². The van der Waals surface area contributed by atoms with Crippen LogP contribution in [-0.4, -0.2) is 81.5 Å². The summed E-state index contributed by atoms with van der Waals surface area (Å²) in [6.07, 6.45) is 2.43. The molecule has 9 nitrogen and oxygen atoms in total. The summed E-state index contributed by atoms with van der Waals surface area (Å²) < 4.78 is 5.68. The number of fused-ring (bicyclic) bond motifs is 1. The molecule has 0 aromatic carbocycles. The Morgan fingerprint density at radius 1 is 1.24 bits per heavy atom. The van der Waals surface area contributed by atoms with Gasteiger partial charge in [0, 0.05) is 42.8 Å². The van der Waals surface area contributed by atoms with Crippen molar-refractivity contribution in [3.05, 3.63) is 23.4 Å². The summed E-state index contributed by atoms with van der Waals surface area (Å²) in [6.45, 7) is 8.10. The van der Waals surface area contributed by atoms with Gasteiger partial charge in [0.15, 0.2) is 0 Å². The van der Waals surface area contributed by atoms with Gasteiger partial charge in [-0.2, -0.15) is 0 Å². The normalized spacial score (nSPS) is 24.6. The van der Waals surface area contributed by atoms with E-state index in [1.807, 2.05) is 37.8 Å². The quantitative estimate of drug-likeness (QED) is 0.712. The Labute approximate surface area is 202 Å². The summed E-state index contributed by atoms with van der Waals surface area (Å²) in [5.41, 5.74) is 6.61. The third kappa shape index (κ3) is 3.73. The minimum absolute atomic E-state index is 0.0459. The molecule has 34 heavy (non-hydrogen) atoms. The van der Waals surface area contributed by atoms with Crippen molar-refractivity contribution in [3.63, 3.8) is 0 Å². The SMILES string of the molecule is Cc1ccc2c(C(=O)N3CCC(N4CCCC5(C4)OC(=O)N(C(C)C)C5=O)CC3)c(N)sc2n1. The van der Waals surface area contributed by atoms with Gasteiger partial charge in [-0.05, 0) is 65.1 Å². The summed E-state index contributed by atoms with van der Waals surface area (Å²) in [5, 5.41) is 1.32. The molecule has 0 saturated carbocycles. The summed E-state index contributed by atoms with van der Waals surface area (Å²) in [6, 6.07) is 3.85. The van der Waals surface area contributed by atoms with E-state index in [2.05, 4.69) is 9.88 Å². The second-order valence-electron chi connectivity index (χ2n) is 9.88. The van der Waals surface area contributed by atoms with Crippen LogP contribution in [-0.2, 0) is 9.53 Å². The first kappa shape index (κ1) is 23.0. The van der Waals surface area contributed by atoms with E-state index in [1.165, 1.54) is 16.2 Å². The fraction of sp³-hybridized carbons (Fsp3) is 0.583. The maximum atomic E-state index is 13.4. The Morgan fingerprint density at radius 2 is 1.97 bits per heavy atom. The van der Waals surface area contributed by atoms with E-state index in [0.29, 0.717) is 36.6 Å². The number of imide groups is 1. The van der Waals surface area contributed by atoms with Crippen LogP contribution in [0.2, 0.25) is 0 Å². The lowest BCUT2D eigenvalue weighted by molar-refractivity contribution is -0.143. The van der Waals surface area contributed by atoms with Gasteiger partial charge < -0.3 is 15.4 Å². The highest BCUT2D eigenvalue weighted by atomic mass is 32.1. The molecule has 182 valence electrons. The second kappa shape index (κ2) is 8.49. The number of pyridine rings is 1. The molecule has 1 unspecified atom stereocenters. The molecule has 1 spiro atoms. The molecule has 3 aliphatic rings. The molecular formula is C24H31N5O4S. The van der Waals surface area contributed by atoms with Crippen molar-refractivity contribution in [2.75, 3.05) is 31.9 Å². The Kier molecular flexibility index (Phi) is 5.76. The number of nitrogen functional groups attached to an aromatic ring is 1. The highest BCUT2D eigenvalue weighted by molar-refractivity contribution is 7.22. The number of aromatic nitrogens is 1. The number of rotatable bonds is 3. The summed E-state index contributed by atoms with van der Waals surface area (Å²) in [4.78, 5) is 49.5. The highest BCUT2D eigenvalue weighted by Gasteiger charge is 2.56. The molecular weight excluding hydrogens is 454 g/mol. The van der Waals surface area contributed by atoms with Crippen LogP contribution in [0.1, 0.15) is 55.6 Å². The number of piperidine rings is 2. The smallest absolute Gasteiger partial charge is 0.418 e. The number of likely N-dealkylation sites (tertiary alicyclic amines) is 2. The maximum Gasteiger partial charge on any atom is 0.418 e. The number of ether oxygens (including phenoxy) is 1. The predicted molar refractivity (Wildman–Crippen MR) is 130 cm³/mol. The minimum atomic E-state index is -1.07. The number of nitrogens with zero attached hydrogens (tertiary/aromatic N) is 4. The fourth-order valence-electron chi connectivity index (χ4n) is 5.53. The number of carbonyl (C=O) groups is 3. The molecule has 3 saturated heterocycles. The second-order valence-corrected chi connectivity index (χ2v) is 10.9. The van der Waals surface area contributed by atoms with Gasteiger partial charge in [0.05, 0.1) is 5.56 Å². The number of hydrogen-bond donors (Lipinski definition) is 1. The van der Waals surface area contributed by atoms with Gasteiger partial charge in [0.2, 0.25) is 5.60 Å². The molecule has 2 N–H and O–H groups in total. The Bertz CT molecular complexity index is 1160. The van der Waals surface area contributed by atoms with Crippen molar-refractivity contribution in [2.45, 2.75) is 64.1 Å². The van der Waals surface area contributed by atoms with Crippen LogP contribution in [0, 0.1) is 6.92 Å². The standard InChI is InChI=1S/C24H31N5O4S/c1-14(2)29-22(31)24(33-23(29)32)9-4-10-28(13-24)16-7-11-27(12-8-16)21(30)18-17-6-5-15(3)26-20(17)34-19(18)25/h5-6,14,16H,4,7-13,25H2,1-3H3. The van der Waals surface area contributed by atoms with Gasteiger partial charge in [0.25, 0.3) is 11.8 Å².